The van der Waals surface area contributed by atoms with Gasteiger partial charge in [-0.2, -0.15) is 0 Å². The van der Waals surface area contributed by atoms with Crippen molar-refractivity contribution in [3.05, 3.63) is 0 Å². The summed E-state index contributed by atoms with van der Waals surface area (Å²) in [6.45, 7) is 9.32. The fourth-order valence-electron chi connectivity index (χ4n) is 2.05. The van der Waals surface area contributed by atoms with Crippen molar-refractivity contribution < 1.29 is 14.3 Å². The van der Waals surface area contributed by atoms with Gasteiger partial charge in [-0.05, 0) is 6.92 Å². The van der Waals surface area contributed by atoms with Crippen LogP contribution in [0.1, 0.15) is 20.8 Å². The average molecular weight is 215 g/mol. The third kappa shape index (κ3) is 2.32. The molecule has 0 radical (unpaired) electrons. The van der Waals surface area contributed by atoms with Gasteiger partial charge in [-0.25, -0.2) is 0 Å². The van der Waals surface area contributed by atoms with Crippen molar-refractivity contribution in [2.24, 2.45) is 11.3 Å². The fourth-order valence-corrected chi connectivity index (χ4v) is 2.05. The normalized spacial score (nSPS) is 26.5. The molecule has 4 nitrogen and oxygen atoms in total. The largest absolute Gasteiger partial charge is 0.466 e. The second kappa shape index (κ2) is 5.47. The summed E-state index contributed by atoms with van der Waals surface area (Å²) in [5.74, 6) is -0.0722. The number of ether oxygens (including phenoxy) is 2. The highest BCUT2D eigenvalue weighted by molar-refractivity contribution is 5.74. The van der Waals surface area contributed by atoms with E-state index in [1.165, 1.54) is 0 Å². The van der Waals surface area contributed by atoms with Crippen LogP contribution in [0.15, 0.2) is 0 Å². The number of hydrogen-bond donors (Lipinski definition) is 1. The van der Waals surface area contributed by atoms with Gasteiger partial charge in [0, 0.05) is 18.5 Å². The molecular weight excluding hydrogens is 194 g/mol. The average Bonchev–Trinajstić information content (AvgIpc) is 2.65. The molecule has 1 N–H and O–H groups in total. The Hall–Kier alpha value is -0.610. The van der Waals surface area contributed by atoms with Crippen LogP contribution in [-0.2, 0) is 14.3 Å². The molecule has 1 spiro atoms. The molecule has 0 saturated carbocycles. The van der Waals surface area contributed by atoms with E-state index in [0.717, 1.165) is 13.1 Å². The first-order chi connectivity index (χ1) is 7.28. The Balaban J connectivity index is 0.000000531. The van der Waals surface area contributed by atoms with Crippen LogP contribution in [-0.4, -0.2) is 38.9 Å². The molecule has 1 unspecified atom stereocenters. The van der Waals surface area contributed by atoms with E-state index in [2.05, 4.69) is 5.32 Å². The zero-order valence-corrected chi connectivity index (χ0v) is 9.84. The monoisotopic (exact) mass is 215 g/mol. The van der Waals surface area contributed by atoms with Crippen LogP contribution in [0.4, 0.5) is 0 Å². The number of carbonyl (C=O) groups excluding carboxylic acids is 1. The van der Waals surface area contributed by atoms with Crippen molar-refractivity contribution in [3.8, 4) is 0 Å². The third-order valence-corrected chi connectivity index (χ3v) is 2.91. The molecule has 88 valence electrons. The van der Waals surface area contributed by atoms with E-state index in [0.29, 0.717) is 19.8 Å². The molecule has 1 atom stereocenters. The van der Waals surface area contributed by atoms with Crippen molar-refractivity contribution >= 4 is 5.97 Å². The topological polar surface area (TPSA) is 47.6 Å². The van der Waals surface area contributed by atoms with Crippen molar-refractivity contribution in [2.45, 2.75) is 20.8 Å². The minimum absolute atomic E-state index is 0.00111. The molecule has 0 aromatic heterocycles. The number of nitrogens with one attached hydrogen (secondary N) is 1. The van der Waals surface area contributed by atoms with Gasteiger partial charge in [-0.1, -0.05) is 13.8 Å². The summed E-state index contributed by atoms with van der Waals surface area (Å²) in [6, 6.07) is 0. The first-order valence-electron chi connectivity index (χ1n) is 5.73. The van der Waals surface area contributed by atoms with Gasteiger partial charge >= 0.3 is 5.97 Å². The first kappa shape index (κ1) is 12.5. The van der Waals surface area contributed by atoms with E-state index >= 15 is 0 Å². The van der Waals surface area contributed by atoms with Crippen molar-refractivity contribution in [2.75, 3.05) is 32.9 Å². The maximum absolute atomic E-state index is 11.5. The van der Waals surface area contributed by atoms with Gasteiger partial charge in [0.15, 0.2) is 0 Å². The molecule has 0 aromatic carbocycles. The number of rotatable bonds is 2. The Morgan fingerprint density at radius 2 is 2.20 bits per heavy atom. The zero-order valence-electron chi connectivity index (χ0n) is 9.84. The molecule has 2 aliphatic heterocycles. The smallest absolute Gasteiger partial charge is 0.311 e. The van der Waals surface area contributed by atoms with Crippen LogP contribution in [0.3, 0.4) is 0 Å². The Morgan fingerprint density at radius 1 is 1.53 bits per heavy atom. The predicted molar refractivity (Wildman–Crippen MR) is 57.6 cm³/mol. The van der Waals surface area contributed by atoms with E-state index in [1.807, 2.05) is 20.8 Å². The summed E-state index contributed by atoms with van der Waals surface area (Å²) in [5.41, 5.74) is 0.0479. The Kier molecular flexibility index (Phi) is 4.54. The van der Waals surface area contributed by atoms with Gasteiger partial charge in [0.05, 0.1) is 25.7 Å². The van der Waals surface area contributed by atoms with Crippen LogP contribution in [0.2, 0.25) is 0 Å². The fraction of sp³-hybridized carbons (Fsp3) is 0.909. The van der Waals surface area contributed by atoms with Crippen LogP contribution < -0.4 is 5.32 Å². The molecule has 2 saturated heterocycles. The molecular formula is C11H21NO3. The maximum atomic E-state index is 11.5. The standard InChI is InChI=1S/C9H15NO3.C2H6/c1-2-13-8(11)7-3-10-4-9(7)5-12-6-9;1-2/h7,10H,2-6H2,1H3;1-2H3. The Labute approximate surface area is 91.3 Å². The lowest BCUT2D eigenvalue weighted by Crippen LogP contribution is -2.51. The molecule has 2 aliphatic rings. The molecule has 2 fully saturated rings. The van der Waals surface area contributed by atoms with Crippen molar-refractivity contribution in [1.82, 2.24) is 5.32 Å². The van der Waals surface area contributed by atoms with Crippen LogP contribution in [0, 0.1) is 11.3 Å². The lowest BCUT2D eigenvalue weighted by atomic mass is 9.76. The Bertz CT molecular complexity index is 214. The van der Waals surface area contributed by atoms with E-state index in [1.54, 1.807) is 0 Å². The number of esters is 1. The van der Waals surface area contributed by atoms with E-state index in [9.17, 15) is 4.79 Å². The molecule has 0 amide bonds. The van der Waals surface area contributed by atoms with Gasteiger partial charge in [0.1, 0.15) is 0 Å². The molecule has 2 rings (SSSR count). The van der Waals surface area contributed by atoms with Crippen LogP contribution in [0.5, 0.6) is 0 Å². The molecule has 0 bridgehead atoms. The first-order valence-corrected chi connectivity index (χ1v) is 5.73. The lowest BCUT2D eigenvalue weighted by molar-refractivity contribution is -0.169. The zero-order chi connectivity index (χ0) is 11.3. The van der Waals surface area contributed by atoms with Gasteiger partial charge in [-0.15, -0.1) is 0 Å². The third-order valence-electron chi connectivity index (χ3n) is 2.91. The molecule has 0 aliphatic carbocycles. The summed E-state index contributed by atoms with van der Waals surface area (Å²) in [6.07, 6.45) is 0. The summed E-state index contributed by atoms with van der Waals surface area (Å²) in [4.78, 5) is 11.5. The SMILES string of the molecule is CC.CCOC(=O)C1CNCC12COC2. The summed E-state index contributed by atoms with van der Waals surface area (Å²) < 4.78 is 10.2. The highest BCUT2D eigenvalue weighted by Crippen LogP contribution is 2.39. The molecule has 0 aromatic rings. The molecule has 4 heteroatoms. The van der Waals surface area contributed by atoms with E-state index < -0.39 is 0 Å². The van der Waals surface area contributed by atoms with Gasteiger partial charge in [0.2, 0.25) is 0 Å². The Morgan fingerprint density at radius 3 is 2.67 bits per heavy atom. The van der Waals surface area contributed by atoms with Gasteiger partial charge in [0.25, 0.3) is 0 Å². The second-order valence-corrected chi connectivity index (χ2v) is 3.79. The minimum Gasteiger partial charge on any atom is -0.466 e. The predicted octanol–water partition coefficient (Wildman–Crippen LogP) is 0.812. The summed E-state index contributed by atoms with van der Waals surface area (Å²) >= 11 is 0. The minimum atomic E-state index is -0.0733. The molecule has 2 heterocycles. The van der Waals surface area contributed by atoms with Crippen LogP contribution in [0.25, 0.3) is 0 Å². The maximum Gasteiger partial charge on any atom is 0.311 e. The highest BCUT2D eigenvalue weighted by atomic mass is 16.5. The quantitative estimate of drug-likeness (QED) is 0.693. The van der Waals surface area contributed by atoms with Gasteiger partial charge < -0.3 is 14.8 Å². The second-order valence-electron chi connectivity index (χ2n) is 3.79. The van der Waals surface area contributed by atoms with Crippen molar-refractivity contribution in [3.63, 3.8) is 0 Å². The number of carbonyl (C=O) groups is 1. The highest BCUT2D eigenvalue weighted by Gasteiger charge is 2.52. The van der Waals surface area contributed by atoms with Crippen LogP contribution >= 0.6 is 0 Å². The summed E-state index contributed by atoms with van der Waals surface area (Å²) in [5, 5.41) is 3.22. The van der Waals surface area contributed by atoms with E-state index in [4.69, 9.17) is 9.47 Å². The number of hydrogen-bond acceptors (Lipinski definition) is 4. The lowest BCUT2D eigenvalue weighted by Gasteiger charge is -2.40. The van der Waals surface area contributed by atoms with E-state index in [-0.39, 0.29) is 17.3 Å². The van der Waals surface area contributed by atoms with Gasteiger partial charge in [-0.3, -0.25) is 4.79 Å². The summed E-state index contributed by atoms with van der Waals surface area (Å²) in [7, 11) is 0. The molecule has 15 heavy (non-hydrogen) atoms. The van der Waals surface area contributed by atoms with Crippen molar-refractivity contribution in [1.29, 1.82) is 0 Å².